The summed E-state index contributed by atoms with van der Waals surface area (Å²) < 4.78 is 13.6. The molecule has 1 amide bonds. The van der Waals surface area contributed by atoms with Crippen molar-refractivity contribution in [1.29, 1.82) is 0 Å². The van der Waals surface area contributed by atoms with E-state index in [1.807, 2.05) is 17.9 Å². The second-order valence-electron chi connectivity index (χ2n) is 6.44. The van der Waals surface area contributed by atoms with E-state index >= 15 is 0 Å². The van der Waals surface area contributed by atoms with Crippen LogP contribution in [0, 0.1) is 11.7 Å². The van der Waals surface area contributed by atoms with Gasteiger partial charge in [-0.3, -0.25) is 4.79 Å². The largest absolute Gasteiger partial charge is 0.393 e. The maximum absolute atomic E-state index is 13.6. The molecule has 3 atom stereocenters. The molecule has 0 aliphatic carbocycles. The molecule has 0 radical (unpaired) electrons. The van der Waals surface area contributed by atoms with E-state index in [1.54, 1.807) is 19.1 Å². The lowest BCUT2D eigenvalue weighted by Crippen LogP contribution is -2.40. The highest BCUT2D eigenvalue weighted by molar-refractivity contribution is 5.79. The van der Waals surface area contributed by atoms with Crippen LogP contribution in [-0.4, -0.2) is 34.6 Å². The zero-order valence-corrected chi connectivity index (χ0v) is 13.5. The van der Waals surface area contributed by atoms with Crippen molar-refractivity contribution in [1.82, 2.24) is 4.90 Å². The Bertz CT molecular complexity index is 504. The lowest BCUT2D eigenvalue weighted by Gasteiger charge is -2.28. The molecule has 1 heterocycles. The fourth-order valence-electron chi connectivity index (χ4n) is 3.24. The van der Waals surface area contributed by atoms with Crippen LogP contribution in [-0.2, 0) is 11.2 Å². The predicted molar refractivity (Wildman–Crippen MR) is 84.9 cm³/mol. The quantitative estimate of drug-likeness (QED) is 0.877. The molecule has 3 unspecified atom stereocenters. The molecule has 0 spiro atoms. The summed E-state index contributed by atoms with van der Waals surface area (Å²) in [5, 5.41) is 9.55. The first kappa shape index (κ1) is 16.9. The molecule has 3 nitrogen and oxygen atoms in total. The van der Waals surface area contributed by atoms with Gasteiger partial charge in [-0.05, 0) is 50.7 Å². The van der Waals surface area contributed by atoms with Crippen molar-refractivity contribution in [2.24, 2.45) is 5.92 Å². The maximum Gasteiger partial charge on any atom is 0.225 e. The second-order valence-corrected chi connectivity index (χ2v) is 6.44. The first-order valence-electron chi connectivity index (χ1n) is 8.21. The first-order chi connectivity index (χ1) is 10.5. The number of hydrogen-bond acceptors (Lipinski definition) is 2. The molecule has 0 bridgehead atoms. The maximum atomic E-state index is 13.6. The van der Waals surface area contributed by atoms with Crippen LogP contribution in [0.5, 0.6) is 0 Å². The summed E-state index contributed by atoms with van der Waals surface area (Å²) in [6.07, 6.45) is 3.46. The summed E-state index contributed by atoms with van der Waals surface area (Å²) >= 11 is 0. The Balaban J connectivity index is 1.90. The molecule has 1 fully saturated rings. The van der Waals surface area contributed by atoms with Gasteiger partial charge in [-0.15, -0.1) is 0 Å². The topological polar surface area (TPSA) is 40.5 Å². The van der Waals surface area contributed by atoms with E-state index in [4.69, 9.17) is 0 Å². The zero-order chi connectivity index (χ0) is 16.1. The van der Waals surface area contributed by atoms with Crippen LogP contribution < -0.4 is 0 Å². The van der Waals surface area contributed by atoms with Gasteiger partial charge in [0.25, 0.3) is 0 Å². The number of hydrogen-bond donors (Lipinski definition) is 1. The smallest absolute Gasteiger partial charge is 0.225 e. The average molecular weight is 307 g/mol. The molecular formula is C18H26FNO2. The minimum atomic E-state index is -0.382. The molecule has 0 aromatic heterocycles. The number of halogens is 1. The molecule has 1 aliphatic heterocycles. The number of aliphatic hydroxyl groups is 1. The standard InChI is InChI=1S/C18H26FNO2/c1-13(9-10-15-6-3-4-8-17(15)19)18(22)20-11-5-7-16(20)12-14(2)21/h3-4,6,8,13-14,16,21H,5,7,9-12H2,1-2H3. The molecule has 1 saturated heterocycles. The van der Waals surface area contributed by atoms with Crippen LogP contribution in [0.15, 0.2) is 24.3 Å². The summed E-state index contributed by atoms with van der Waals surface area (Å²) in [6, 6.07) is 6.89. The van der Waals surface area contributed by atoms with Crippen molar-refractivity contribution in [3.8, 4) is 0 Å². The number of amides is 1. The molecule has 1 N–H and O–H groups in total. The van der Waals surface area contributed by atoms with Gasteiger partial charge in [-0.2, -0.15) is 0 Å². The van der Waals surface area contributed by atoms with Crippen molar-refractivity contribution >= 4 is 5.91 Å². The van der Waals surface area contributed by atoms with Gasteiger partial charge in [-0.25, -0.2) is 4.39 Å². The van der Waals surface area contributed by atoms with Crippen molar-refractivity contribution in [2.45, 2.75) is 58.1 Å². The Morgan fingerprint density at radius 2 is 2.14 bits per heavy atom. The normalized spacial score (nSPS) is 20.9. The van der Waals surface area contributed by atoms with Crippen molar-refractivity contribution < 1.29 is 14.3 Å². The third-order valence-electron chi connectivity index (χ3n) is 4.50. The van der Waals surface area contributed by atoms with Crippen LogP contribution in [0.2, 0.25) is 0 Å². The number of rotatable bonds is 6. The molecule has 4 heteroatoms. The fraction of sp³-hybridized carbons (Fsp3) is 0.611. The van der Waals surface area contributed by atoms with E-state index in [2.05, 4.69) is 0 Å². The van der Waals surface area contributed by atoms with E-state index in [1.165, 1.54) is 6.07 Å². The van der Waals surface area contributed by atoms with Gasteiger partial charge in [0.15, 0.2) is 0 Å². The molecule has 1 aromatic rings. The van der Waals surface area contributed by atoms with Gasteiger partial charge in [-0.1, -0.05) is 25.1 Å². The molecule has 1 aliphatic rings. The fourth-order valence-corrected chi connectivity index (χ4v) is 3.24. The summed E-state index contributed by atoms with van der Waals surface area (Å²) in [7, 11) is 0. The van der Waals surface area contributed by atoms with Crippen molar-refractivity contribution in [2.75, 3.05) is 6.54 Å². The van der Waals surface area contributed by atoms with Crippen molar-refractivity contribution in [3.63, 3.8) is 0 Å². The van der Waals surface area contributed by atoms with Crippen LogP contribution in [0.1, 0.15) is 45.1 Å². The van der Waals surface area contributed by atoms with Crippen molar-refractivity contribution in [3.05, 3.63) is 35.6 Å². The minimum absolute atomic E-state index is 0.116. The van der Waals surface area contributed by atoms with Gasteiger partial charge in [0.1, 0.15) is 5.82 Å². The van der Waals surface area contributed by atoms with Gasteiger partial charge in [0.05, 0.1) is 6.10 Å². The van der Waals surface area contributed by atoms with Gasteiger partial charge in [0.2, 0.25) is 5.91 Å². The SMILES string of the molecule is CC(O)CC1CCCN1C(=O)C(C)CCc1ccccc1F. The second kappa shape index (κ2) is 7.73. The highest BCUT2D eigenvalue weighted by atomic mass is 19.1. The number of carbonyl (C=O) groups excluding carboxylic acids is 1. The lowest BCUT2D eigenvalue weighted by molar-refractivity contribution is -0.136. The zero-order valence-electron chi connectivity index (χ0n) is 13.5. The van der Waals surface area contributed by atoms with Crippen LogP contribution in [0.4, 0.5) is 4.39 Å². The number of carbonyl (C=O) groups is 1. The Morgan fingerprint density at radius 1 is 1.41 bits per heavy atom. The lowest BCUT2D eigenvalue weighted by atomic mass is 9.98. The van der Waals surface area contributed by atoms with Crippen LogP contribution in [0.25, 0.3) is 0 Å². The van der Waals surface area contributed by atoms with Gasteiger partial charge < -0.3 is 10.0 Å². The number of aryl methyl sites for hydroxylation is 1. The van der Waals surface area contributed by atoms with Gasteiger partial charge in [0, 0.05) is 18.5 Å². The highest BCUT2D eigenvalue weighted by Crippen LogP contribution is 2.25. The first-order valence-corrected chi connectivity index (χ1v) is 8.21. The minimum Gasteiger partial charge on any atom is -0.393 e. The van der Waals surface area contributed by atoms with E-state index in [9.17, 15) is 14.3 Å². The van der Waals surface area contributed by atoms with Crippen LogP contribution >= 0.6 is 0 Å². The van der Waals surface area contributed by atoms with E-state index < -0.39 is 0 Å². The van der Waals surface area contributed by atoms with E-state index in [0.29, 0.717) is 24.8 Å². The van der Waals surface area contributed by atoms with Gasteiger partial charge >= 0.3 is 0 Å². The summed E-state index contributed by atoms with van der Waals surface area (Å²) in [6.45, 7) is 4.46. The molecule has 22 heavy (non-hydrogen) atoms. The van der Waals surface area contributed by atoms with Crippen LogP contribution in [0.3, 0.4) is 0 Å². The Kier molecular flexibility index (Phi) is 5.95. The van der Waals surface area contributed by atoms with E-state index in [-0.39, 0.29) is 29.8 Å². The number of aliphatic hydroxyl groups excluding tert-OH is 1. The molecule has 2 rings (SSSR count). The third-order valence-corrected chi connectivity index (χ3v) is 4.50. The summed E-state index contributed by atoms with van der Waals surface area (Å²) in [5.41, 5.74) is 0.670. The number of likely N-dealkylation sites (tertiary alicyclic amines) is 1. The molecule has 122 valence electrons. The Morgan fingerprint density at radius 3 is 2.82 bits per heavy atom. The average Bonchev–Trinajstić information content (AvgIpc) is 2.92. The molecular weight excluding hydrogens is 281 g/mol. The Hall–Kier alpha value is -1.42. The molecule has 0 saturated carbocycles. The number of nitrogens with zero attached hydrogens (tertiary/aromatic N) is 1. The van der Waals surface area contributed by atoms with E-state index in [0.717, 1.165) is 19.4 Å². The molecule has 1 aromatic carbocycles. The summed E-state index contributed by atoms with van der Waals surface area (Å²) in [4.78, 5) is 14.5. The predicted octanol–water partition coefficient (Wildman–Crippen LogP) is 3.16. The Labute approximate surface area is 132 Å². The third kappa shape index (κ3) is 4.29. The monoisotopic (exact) mass is 307 g/mol. The number of benzene rings is 1. The summed E-state index contributed by atoms with van der Waals surface area (Å²) in [5.74, 6) is -0.177. The highest BCUT2D eigenvalue weighted by Gasteiger charge is 2.31.